The van der Waals surface area contributed by atoms with E-state index < -0.39 is 12.4 Å². The minimum absolute atomic E-state index is 0.217. The molecule has 7 heteroatoms. The summed E-state index contributed by atoms with van der Waals surface area (Å²) in [6, 6.07) is 17.3. The lowest BCUT2D eigenvalue weighted by molar-refractivity contribution is -0.0937. The van der Waals surface area contributed by atoms with Crippen molar-refractivity contribution in [2.75, 3.05) is 26.1 Å². The summed E-state index contributed by atoms with van der Waals surface area (Å²) >= 11 is 0. The lowest BCUT2D eigenvalue weighted by Crippen LogP contribution is -2.44. The van der Waals surface area contributed by atoms with Crippen molar-refractivity contribution in [1.29, 1.82) is 0 Å². The van der Waals surface area contributed by atoms with Gasteiger partial charge >= 0.3 is 6.09 Å². The average Bonchev–Trinajstić information content (AvgIpc) is 2.93. The van der Waals surface area contributed by atoms with E-state index in [0.717, 1.165) is 17.7 Å². The Hall–Kier alpha value is -2.90. The minimum atomic E-state index is -0.477. The fraction of sp³-hybridized carbons (Fsp3) is 0.364. The molecular weight excluding hydrogens is 370 g/mol. The number of aryl methyl sites for hydroxylation is 1. The number of ether oxygens (including phenoxy) is 3. The van der Waals surface area contributed by atoms with E-state index in [1.54, 1.807) is 14.2 Å². The van der Waals surface area contributed by atoms with Crippen LogP contribution in [0.4, 0.5) is 10.5 Å². The number of carbonyl (C=O) groups is 1. The number of rotatable bonds is 7. The number of amidine groups is 1. The molecular formula is C22H27N3O4. The van der Waals surface area contributed by atoms with Crippen LogP contribution in [-0.4, -0.2) is 45.0 Å². The Labute approximate surface area is 171 Å². The highest BCUT2D eigenvalue weighted by Crippen LogP contribution is 2.22. The van der Waals surface area contributed by atoms with Gasteiger partial charge in [0.25, 0.3) is 0 Å². The van der Waals surface area contributed by atoms with Gasteiger partial charge < -0.3 is 24.8 Å². The van der Waals surface area contributed by atoms with E-state index in [9.17, 15) is 4.79 Å². The number of para-hydroxylation sites is 1. The summed E-state index contributed by atoms with van der Waals surface area (Å²) in [5, 5.41) is 6.30. The number of aliphatic imine (C=N–C) groups is 1. The number of nitrogens with zero attached hydrogens (tertiary/aromatic N) is 1. The monoisotopic (exact) mass is 397 g/mol. The van der Waals surface area contributed by atoms with Crippen molar-refractivity contribution in [1.82, 2.24) is 5.32 Å². The molecule has 0 aromatic heterocycles. The van der Waals surface area contributed by atoms with Crippen LogP contribution in [-0.2, 0) is 27.2 Å². The molecule has 7 nitrogen and oxygen atoms in total. The standard InChI is InChI=1S/C22H27N3O4/c1-27-20(28-2)14-23-21-19(13-12-17-10-6-7-11-18(17)24-21)25-22(26)29-15-16-8-4-3-5-9-16/h3-11,19-20H,12-15H2,1-2H3,(H,23,24)(H,25,26)/t19-/m0/s1. The third kappa shape index (κ3) is 6.04. The molecule has 1 atom stereocenters. The number of benzene rings is 2. The second kappa shape index (κ2) is 10.6. The van der Waals surface area contributed by atoms with Crippen molar-refractivity contribution in [3.63, 3.8) is 0 Å². The first-order chi connectivity index (χ1) is 14.2. The van der Waals surface area contributed by atoms with Gasteiger partial charge in [-0.15, -0.1) is 0 Å². The molecule has 0 fully saturated rings. The Balaban J connectivity index is 1.69. The number of fused-ring (bicyclic) bond motifs is 1. The lowest BCUT2D eigenvalue weighted by Gasteiger charge is -2.20. The number of hydrogen-bond acceptors (Lipinski definition) is 5. The fourth-order valence-electron chi connectivity index (χ4n) is 3.14. The number of amides is 1. The molecule has 0 unspecified atom stereocenters. The third-order valence-corrected chi connectivity index (χ3v) is 4.75. The molecule has 0 spiro atoms. The van der Waals surface area contributed by atoms with Crippen molar-refractivity contribution in [2.45, 2.75) is 31.8 Å². The van der Waals surface area contributed by atoms with Crippen molar-refractivity contribution in [3.05, 3.63) is 65.7 Å². The molecule has 154 valence electrons. The van der Waals surface area contributed by atoms with Crippen LogP contribution in [0.25, 0.3) is 0 Å². The first-order valence-electron chi connectivity index (χ1n) is 9.61. The Kier molecular flexibility index (Phi) is 7.61. The predicted octanol–water partition coefficient (Wildman–Crippen LogP) is 3.36. The van der Waals surface area contributed by atoms with Crippen molar-refractivity contribution >= 4 is 17.6 Å². The van der Waals surface area contributed by atoms with Crippen molar-refractivity contribution < 1.29 is 19.0 Å². The number of hydrogen-bond donors (Lipinski definition) is 2. The summed E-state index contributed by atoms with van der Waals surface area (Å²) in [6.07, 6.45) is 0.584. The highest BCUT2D eigenvalue weighted by molar-refractivity contribution is 6.02. The topological polar surface area (TPSA) is 81.2 Å². The molecule has 1 amide bonds. The van der Waals surface area contributed by atoms with Gasteiger partial charge in [-0.1, -0.05) is 48.5 Å². The molecule has 1 heterocycles. The van der Waals surface area contributed by atoms with Crippen LogP contribution < -0.4 is 10.6 Å². The SMILES string of the molecule is COC(CN=C1Nc2ccccc2CC[C@@H]1NC(=O)OCc1ccccc1)OC. The molecule has 2 aromatic rings. The van der Waals surface area contributed by atoms with Gasteiger partial charge in [-0.2, -0.15) is 0 Å². The summed E-state index contributed by atoms with van der Waals surface area (Å²) in [6.45, 7) is 0.531. The Morgan fingerprint density at radius 3 is 2.62 bits per heavy atom. The van der Waals surface area contributed by atoms with Crippen LogP contribution in [0.15, 0.2) is 59.6 Å². The zero-order valence-corrected chi connectivity index (χ0v) is 16.8. The molecule has 2 N–H and O–H groups in total. The quantitative estimate of drug-likeness (QED) is 0.700. The number of nitrogens with one attached hydrogen (secondary N) is 2. The average molecular weight is 397 g/mol. The number of carbonyl (C=O) groups excluding carboxylic acids is 1. The molecule has 0 saturated heterocycles. The fourth-order valence-corrected chi connectivity index (χ4v) is 3.14. The van der Waals surface area contributed by atoms with E-state index >= 15 is 0 Å². The van der Waals surface area contributed by atoms with Gasteiger partial charge in [0.05, 0.1) is 12.6 Å². The maximum atomic E-state index is 12.4. The van der Waals surface area contributed by atoms with Gasteiger partial charge in [0.2, 0.25) is 0 Å². The van der Waals surface area contributed by atoms with E-state index in [2.05, 4.69) is 21.7 Å². The van der Waals surface area contributed by atoms with E-state index in [-0.39, 0.29) is 12.6 Å². The van der Waals surface area contributed by atoms with Gasteiger partial charge in [0.15, 0.2) is 6.29 Å². The summed E-state index contributed by atoms with van der Waals surface area (Å²) in [7, 11) is 3.14. The second-order valence-electron chi connectivity index (χ2n) is 6.71. The smallest absolute Gasteiger partial charge is 0.408 e. The molecule has 1 aliphatic heterocycles. The zero-order chi connectivity index (χ0) is 20.5. The Morgan fingerprint density at radius 2 is 1.86 bits per heavy atom. The normalized spacial score (nSPS) is 17.3. The predicted molar refractivity (Wildman–Crippen MR) is 112 cm³/mol. The third-order valence-electron chi connectivity index (χ3n) is 4.75. The molecule has 29 heavy (non-hydrogen) atoms. The lowest BCUT2D eigenvalue weighted by atomic mass is 10.1. The summed E-state index contributed by atoms with van der Waals surface area (Å²) in [5.41, 5.74) is 3.10. The first-order valence-corrected chi connectivity index (χ1v) is 9.61. The van der Waals surface area contributed by atoms with Crippen molar-refractivity contribution in [3.8, 4) is 0 Å². The van der Waals surface area contributed by atoms with E-state index in [1.807, 2.05) is 48.5 Å². The maximum absolute atomic E-state index is 12.4. The summed E-state index contributed by atoms with van der Waals surface area (Å²) in [4.78, 5) is 17.0. The van der Waals surface area contributed by atoms with Crippen molar-refractivity contribution in [2.24, 2.45) is 4.99 Å². The Bertz CT molecular complexity index is 822. The Morgan fingerprint density at radius 1 is 1.14 bits per heavy atom. The van der Waals surface area contributed by atoms with Crippen LogP contribution in [0, 0.1) is 0 Å². The minimum Gasteiger partial charge on any atom is -0.445 e. The second-order valence-corrected chi connectivity index (χ2v) is 6.71. The highest BCUT2D eigenvalue weighted by Gasteiger charge is 2.24. The molecule has 1 aliphatic rings. The molecule has 0 radical (unpaired) electrons. The van der Waals surface area contributed by atoms with Gasteiger partial charge in [-0.3, -0.25) is 4.99 Å². The number of methoxy groups -OCH3 is 2. The van der Waals surface area contributed by atoms with Gasteiger partial charge in [0.1, 0.15) is 12.4 Å². The highest BCUT2D eigenvalue weighted by atomic mass is 16.7. The molecule has 0 saturated carbocycles. The zero-order valence-electron chi connectivity index (χ0n) is 16.8. The maximum Gasteiger partial charge on any atom is 0.408 e. The first kappa shape index (κ1) is 20.8. The van der Waals surface area contributed by atoms with E-state index in [0.29, 0.717) is 18.8 Å². The largest absolute Gasteiger partial charge is 0.445 e. The number of anilines is 1. The van der Waals surface area contributed by atoms with Gasteiger partial charge in [-0.25, -0.2) is 4.79 Å². The van der Waals surface area contributed by atoms with E-state index in [4.69, 9.17) is 14.2 Å². The number of alkyl carbamates (subject to hydrolysis) is 1. The molecule has 3 rings (SSSR count). The van der Waals surface area contributed by atoms with Crippen LogP contribution in [0.5, 0.6) is 0 Å². The molecule has 0 aliphatic carbocycles. The van der Waals surface area contributed by atoms with Gasteiger partial charge in [-0.05, 0) is 30.0 Å². The van der Waals surface area contributed by atoms with Crippen LogP contribution in [0.2, 0.25) is 0 Å². The van der Waals surface area contributed by atoms with Crippen LogP contribution >= 0.6 is 0 Å². The van der Waals surface area contributed by atoms with E-state index in [1.165, 1.54) is 5.56 Å². The molecule has 2 aromatic carbocycles. The van der Waals surface area contributed by atoms with Crippen LogP contribution in [0.1, 0.15) is 17.5 Å². The summed E-state index contributed by atoms with van der Waals surface area (Å²) < 4.78 is 15.8. The van der Waals surface area contributed by atoms with Gasteiger partial charge in [0, 0.05) is 19.9 Å². The van der Waals surface area contributed by atoms with Crippen LogP contribution in [0.3, 0.4) is 0 Å². The summed E-state index contributed by atoms with van der Waals surface area (Å²) in [5.74, 6) is 0.658. The molecule has 0 bridgehead atoms.